The lowest BCUT2D eigenvalue weighted by Crippen LogP contribution is -2.79. The van der Waals surface area contributed by atoms with Crippen LogP contribution in [0.1, 0.15) is 43.0 Å². The van der Waals surface area contributed by atoms with Crippen molar-refractivity contribution in [3.8, 4) is 11.5 Å². The largest absolute Gasteiger partial charge is 0.493 e. The fourth-order valence-corrected chi connectivity index (χ4v) is 7.13. The number of ether oxygens (including phenoxy) is 3. The van der Waals surface area contributed by atoms with Crippen LogP contribution in [0.4, 0.5) is 5.69 Å². The third kappa shape index (κ3) is 2.19. The van der Waals surface area contributed by atoms with E-state index in [1.807, 2.05) is 6.07 Å². The van der Waals surface area contributed by atoms with Crippen LogP contribution in [0.2, 0.25) is 0 Å². The number of Topliss-reactive ketones (excluding diaryl/α,β-unsaturated/α-hetero) is 1. The van der Waals surface area contributed by atoms with Gasteiger partial charge in [-0.2, -0.15) is 0 Å². The molecule has 6 atom stereocenters. The molecule has 0 radical (unpaired) electrons. The molecule has 4 heterocycles. The highest BCUT2D eigenvalue weighted by Crippen LogP contribution is 2.63. The molecule has 3 saturated heterocycles. The van der Waals surface area contributed by atoms with Gasteiger partial charge in [-0.05, 0) is 37.2 Å². The maximum absolute atomic E-state index is 14.1. The third-order valence-corrected chi connectivity index (χ3v) is 8.20. The van der Waals surface area contributed by atoms with Crippen molar-refractivity contribution < 1.29 is 23.8 Å². The second kappa shape index (κ2) is 6.61. The standard InChI is InChI=1S/C23H30N2O5/c1-5-14-8-13-11-22(21(27)30-4)19(14)25(12-13)7-6-23(22)20(26)15-9-17(28-2)18(29-3)10-16(15)24-23/h9-10,13-14,19,24H,5-8,11-12H2,1-4H3/t13-,14-,19-,22-,23?/m1/s1. The molecular formula is C23H30N2O5. The Balaban J connectivity index is 1.69. The zero-order valence-corrected chi connectivity index (χ0v) is 18.1. The van der Waals surface area contributed by atoms with Gasteiger partial charge in [0.1, 0.15) is 11.0 Å². The van der Waals surface area contributed by atoms with Gasteiger partial charge in [0, 0.05) is 36.4 Å². The number of anilines is 1. The number of benzene rings is 1. The van der Waals surface area contributed by atoms with Crippen LogP contribution in [-0.4, -0.2) is 62.7 Å². The highest BCUT2D eigenvalue weighted by molar-refractivity contribution is 6.17. The van der Waals surface area contributed by atoms with Crippen LogP contribution < -0.4 is 14.8 Å². The molecule has 4 aliphatic heterocycles. The number of carbonyl (C=O) groups excluding carboxylic acids is 2. The minimum atomic E-state index is -0.993. The van der Waals surface area contributed by atoms with E-state index in [1.165, 1.54) is 7.11 Å². The van der Waals surface area contributed by atoms with E-state index < -0.39 is 11.0 Å². The maximum atomic E-state index is 14.1. The number of esters is 1. The molecule has 1 aliphatic carbocycles. The van der Waals surface area contributed by atoms with E-state index in [1.54, 1.807) is 20.3 Å². The molecule has 162 valence electrons. The van der Waals surface area contributed by atoms with Crippen molar-refractivity contribution in [2.24, 2.45) is 17.3 Å². The molecular weight excluding hydrogens is 384 g/mol. The first kappa shape index (κ1) is 19.7. The first-order chi connectivity index (χ1) is 14.5. The van der Waals surface area contributed by atoms with Crippen LogP contribution in [0.5, 0.6) is 11.5 Å². The van der Waals surface area contributed by atoms with Crippen molar-refractivity contribution in [3.05, 3.63) is 17.7 Å². The van der Waals surface area contributed by atoms with E-state index in [4.69, 9.17) is 14.2 Å². The summed E-state index contributed by atoms with van der Waals surface area (Å²) in [7, 11) is 4.59. The Morgan fingerprint density at radius 2 is 1.97 bits per heavy atom. The number of carbonyl (C=O) groups is 2. The maximum Gasteiger partial charge on any atom is 0.316 e. The summed E-state index contributed by atoms with van der Waals surface area (Å²) in [5.74, 6) is 1.59. The zero-order valence-electron chi connectivity index (χ0n) is 18.1. The normalized spacial score (nSPS) is 38.2. The molecule has 1 N–H and O–H groups in total. The topological polar surface area (TPSA) is 77.1 Å². The van der Waals surface area contributed by atoms with Crippen molar-refractivity contribution in [1.82, 2.24) is 4.90 Å². The molecule has 1 aromatic carbocycles. The summed E-state index contributed by atoms with van der Waals surface area (Å²) in [5.41, 5.74) is -0.603. The van der Waals surface area contributed by atoms with Crippen LogP contribution in [0.3, 0.4) is 0 Å². The molecule has 5 aliphatic rings. The number of nitrogens with zero attached hydrogens (tertiary/aromatic N) is 1. The first-order valence-corrected chi connectivity index (χ1v) is 10.9. The molecule has 0 aromatic heterocycles. The Morgan fingerprint density at radius 1 is 1.23 bits per heavy atom. The average Bonchev–Trinajstić information content (AvgIpc) is 3.06. The lowest BCUT2D eigenvalue weighted by Gasteiger charge is -2.66. The number of nitrogens with one attached hydrogen (secondary N) is 1. The molecule has 4 fully saturated rings. The summed E-state index contributed by atoms with van der Waals surface area (Å²) in [6, 6.07) is 3.58. The molecule has 30 heavy (non-hydrogen) atoms. The smallest absolute Gasteiger partial charge is 0.316 e. The van der Waals surface area contributed by atoms with Gasteiger partial charge in [-0.3, -0.25) is 14.5 Å². The van der Waals surface area contributed by atoms with E-state index in [0.717, 1.165) is 25.9 Å². The number of rotatable bonds is 4. The summed E-state index contributed by atoms with van der Waals surface area (Å²) in [4.78, 5) is 30.1. The minimum absolute atomic E-state index is 0.0169. The molecule has 2 unspecified atom stereocenters. The number of methoxy groups -OCH3 is 3. The monoisotopic (exact) mass is 414 g/mol. The molecule has 1 aromatic rings. The summed E-state index contributed by atoms with van der Waals surface area (Å²) in [6.07, 6.45) is 3.39. The predicted molar refractivity (Wildman–Crippen MR) is 111 cm³/mol. The molecule has 1 saturated carbocycles. The summed E-state index contributed by atoms with van der Waals surface area (Å²) in [6.45, 7) is 4.00. The van der Waals surface area contributed by atoms with E-state index in [2.05, 4.69) is 17.1 Å². The van der Waals surface area contributed by atoms with Crippen molar-refractivity contribution in [3.63, 3.8) is 0 Å². The SMILES string of the molecule is CC[C@@H]1C[C@H]2CN3CCC4(Nc5cc(OC)c(OC)cc5C4=O)[C@](C(=O)OC)(C2)[C@@H]13. The fraction of sp³-hybridized carbons (Fsp3) is 0.652. The third-order valence-electron chi connectivity index (χ3n) is 8.20. The van der Waals surface area contributed by atoms with E-state index >= 15 is 0 Å². The van der Waals surface area contributed by atoms with Crippen LogP contribution >= 0.6 is 0 Å². The van der Waals surface area contributed by atoms with Gasteiger partial charge < -0.3 is 19.5 Å². The van der Waals surface area contributed by atoms with Crippen LogP contribution in [0.25, 0.3) is 0 Å². The van der Waals surface area contributed by atoms with Crippen LogP contribution in [0.15, 0.2) is 12.1 Å². The molecule has 7 heteroatoms. The quantitative estimate of drug-likeness (QED) is 0.759. The highest BCUT2D eigenvalue weighted by Gasteiger charge is 2.74. The lowest BCUT2D eigenvalue weighted by atomic mass is 9.47. The molecule has 1 spiro atoms. The van der Waals surface area contributed by atoms with E-state index in [0.29, 0.717) is 47.4 Å². The van der Waals surface area contributed by atoms with Crippen molar-refractivity contribution in [2.45, 2.75) is 44.2 Å². The zero-order chi connectivity index (χ0) is 21.3. The molecule has 6 rings (SSSR count). The van der Waals surface area contributed by atoms with E-state index in [-0.39, 0.29) is 17.8 Å². The van der Waals surface area contributed by atoms with Gasteiger partial charge in [0.05, 0.1) is 21.3 Å². The Labute approximate surface area is 177 Å². The first-order valence-electron chi connectivity index (χ1n) is 10.9. The van der Waals surface area contributed by atoms with Gasteiger partial charge in [0.15, 0.2) is 17.3 Å². The number of fused-ring (bicyclic) bond motifs is 2. The fourth-order valence-electron chi connectivity index (χ4n) is 7.13. The average molecular weight is 415 g/mol. The Hall–Kier alpha value is -2.28. The van der Waals surface area contributed by atoms with Crippen molar-refractivity contribution in [1.29, 1.82) is 0 Å². The molecule has 0 amide bonds. The highest BCUT2D eigenvalue weighted by atomic mass is 16.5. The summed E-state index contributed by atoms with van der Waals surface area (Å²) in [5, 5.41) is 3.55. The second-order valence-electron chi connectivity index (χ2n) is 9.24. The minimum Gasteiger partial charge on any atom is -0.493 e. The van der Waals surface area contributed by atoms with Gasteiger partial charge in [-0.1, -0.05) is 13.3 Å². The van der Waals surface area contributed by atoms with Crippen LogP contribution in [0, 0.1) is 17.3 Å². The second-order valence-corrected chi connectivity index (χ2v) is 9.24. The Bertz CT molecular complexity index is 909. The van der Waals surface area contributed by atoms with Gasteiger partial charge in [0.25, 0.3) is 0 Å². The summed E-state index contributed by atoms with van der Waals surface area (Å²) >= 11 is 0. The predicted octanol–water partition coefficient (Wildman–Crippen LogP) is 2.73. The van der Waals surface area contributed by atoms with Crippen LogP contribution in [-0.2, 0) is 9.53 Å². The number of ketones is 1. The molecule has 4 bridgehead atoms. The van der Waals surface area contributed by atoms with Crippen molar-refractivity contribution >= 4 is 17.4 Å². The number of hydrogen-bond donors (Lipinski definition) is 1. The molecule has 7 nitrogen and oxygen atoms in total. The van der Waals surface area contributed by atoms with Crippen molar-refractivity contribution in [2.75, 3.05) is 39.7 Å². The van der Waals surface area contributed by atoms with Gasteiger partial charge >= 0.3 is 5.97 Å². The Morgan fingerprint density at radius 3 is 2.63 bits per heavy atom. The van der Waals surface area contributed by atoms with E-state index in [9.17, 15) is 9.59 Å². The Kier molecular flexibility index (Phi) is 4.33. The van der Waals surface area contributed by atoms with Gasteiger partial charge in [0.2, 0.25) is 0 Å². The number of hydrogen-bond acceptors (Lipinski definition) is 7. The summed E-state index contributed by atoms with van der Waals surface area (Å²) < 4.78 is 16.3. The van der Waals surface area contributed by atoms with Gasteiger partial charge in [-0.25, -0.2) is 0 Å². The van der Waals surface area contributed by atoms with Gasteiger partial charge in [-0.15, -0.1) is 0 Å². The number of piperidine rings is 3. The lowest BCUT2D eigenvalue weighted by molar-refractivity contribution is -0.193.